The van der Waals surface area contributed by atoms with Crippen LogP contribution in [0.4, 0.5) is 0 Å². The number of methoxy groups -OCH3 is 1. The van der Waals surface area contributed by atoms with Gasteiger partial charge in [0.05, 0.1) is 19.0 Å². The number of esters is 1. The van der Waals surface area contributed by atoms with E-state index < -0.39 is 17.9 Å². The van der Waals surface area contributed by atoms with Gasteiger partial charge in [0.15, 0.2) is 5.82 Å². The normalized spacial score (nSPS) is 11.8. The largest absolute Gasteiger partial charge is 0.467 e. The van der Waals surface area contributed by atoms with E-state index in [1.807, 2.05) is 24.5 Å². The van der Waals surface area contributed by atoms with E-state index in [1.54, 1.807) is 40.4 Å². The number of hydrogen-bond donors (Lipinski definition) is 1. The van der Waals surface area contributed by atoms with Gasteiger partial charge in [0.2, 0.25) is 0 Å². The minimum atomic E-state index is -0.774. The summed E-state index contributed by atoms with van der Waals surface area (Å²) in [5, 5.41) is 7.57. The molecule has 26 heavy (non-hydrogen) atoms. The van der Waals surface area contributed by atoms with Gasteiger partial charge in [0.25, 0.3) is 5.91 Å². The van der Waals surface area contributed by atoms with Gasteiger partial charge in [-0.1, -0.05) is 11.6 Å². The number of benzene rings is 1. The first-order valence-electron chi connectivity index (χ1n) is 7.87. The molecular weight excluding hydrogens is 356 g/mol. The molecule has 2 aromatic heterocycles. The van der Waals surface area contributed by atoms with E-state index in [0.29, 0.717) is 16.4 Å². The summed E-state index contributed by atoms with van der Waals surface area (Å²) < 4.78 is 8.05. The summed E-state index contributed by atoms with van der Waals surface area (Å²) in [6.45, 7) is 1.56. The molecule has 0 unspecified atom stereocenters. The molecule has 0 fully saturated rings. The quantitative estimate of drug-likeness (QED) is 0.698. The monoisotopic (exact) mass is 372 g/mol. The lowest BCUT2D eigenvalue weighted by atomic mass is 10.2. The molecule has 3 aromatic rings. The smallest absolute Gasteiger partial charge is 0.328 e. The van der Waals surface area contributed by atoms with Crippen molar-refractivity contribution in [3.63, 3.8) is 0 Å². The summed E-state index contributed by atoms with van der Waals surface area (Å²) in [5.41, 5.74) is 1.07. The Morgan fingerprint density at radius 3 is 2.46 bits per heavy atom. The molecule has 1 N–H and O–H groups in total. The van der Waals surface area contributed by atoms with Crippen molar-refractivity contribution in [2.45, 2.75) is 13.0 Å². The summed E-state index contributed by atoms with van der Waals surface area (Å²) >= 11 is 5.95. The highest BCUT2D eigenvalue weighted by atomic mass is 35.5. The Labute approximate surface area is 155 Å². The first-order valence-corrected chi connectivity index (χ1v) is 8.25. The average Bonchev–Trinajstić information content (AvgIpc) is 3.30. The summed E-state index contributed by atoms with van der Waals surface area (Å²) in [6, 6.07) is 10.0. The zero-order chi connectivity index (χ0) is 18.7. The van der Waals surface area contributed by atoms with Gasteiger partial charge in [-0.2, -0.15) is 5.10 Å². The second-order valence-electron chi connectivity index (χ2n) is 5.58. The number of carbonyl (C=O) groups excluding carboxylic acids is 2. The van der Waals surface area contributed by atoms with Gasteiger partial charge in [0.1, 0.15) is 11.6 Å². The molecule has 0 saturated heterocycles. The second-order valence-corrected chi connectivity index (χ2v) is 6.02. The van der Waals surface area contributed by atoms with Gasteiger partial charge in [-0.3, -0.25) is 4.79 Å². The lowest BCUT2D eigenvalue weighted by Crippen LogP contribution is -2.39. The molecule has 0 saturated carbocycles. The van der Waals surface area contributed by atoms with Crippen LogP contribution in [0.25, 0.3) is 11.5 Å². The highest BCUT2D eigenvalue weighted by Crippen LogP contribution is 2.21. The minimum absolute atomic E-state index is 0.326. The highest BCUT2D eigenvalue weighted by molar-refractivity contribution is 6.30. The van der Waals surface area contributed by atoms with E-state index >= 15 is 0 Å². The van der Waals surface area contributed by atoms with Crippen LogP contribution >= 0.6 is 11.6 Å². The van der Waals surface area contributed by atoms with E-state index in [0.717, 1.165) is 5.69 Å². The molecule has 0 aliphatic rings. The predicted octanol–water partition coefficient (Wildman–Crippen LogP) is 2.61. The Hall–Kier alpha value is -3.06. The van der Waals surface area contributed by atoms with E-state index in [-0.39, 0.29) is 0 Å². The fraction of sp³-hybridized carbons (Fsp3) is 0.167. The number of amides is 1. The number of halogens is 1. The molecule has 3 rings (SSSR count). The van der Waals surface area contributed by atoms with Gasteiger partial charge in [-0.15, -0.1) is 0 Å². The van der Waals surface area contributed by atoms with Crippen molar-refractivity contribution in [3.05, 3.63) is 65.6 Å². The number of rotatable bonds is 5. The van der Waals surface area contributed by atoms with Gasteiger partial charge >= 0.3 is 5.97 Å². The Bertz CT molecular complexity index is 917. The lowest BCUT2D eigenvalue weighted by Gasteiger charge is -2.13. The molecule has 0 spiro atoms. The van der Waals surface area contributed by atoms with Crippen LogP contribution in [0, 0.1) is 0 Å². The van der Waals surface area contributed by atoms with Crippen molar-refractivity contribution in [1.82, 2.24) is 19.7 Å². The maximum absolute atomic E-state index is 12.7. The Balaban J connectivity index is 2.02. The van der Waals surface area contributed by atoms with Gasteiger partial charge in [-0.05, 0) is 43.3 Å². The van der Waals surface area contributed by atoms with Crippen LogP contribution in [-0.4, -0.2) is 39.4 Å². The van der Waals surface area contributed by atoms with Crippen molar-refractivity contribution in [3.8, 4) is 11.5 Å². The van der Waals surface area contributed by atoms with Crippen molar-refractivity contribution in [2.75, 3.05) is 7.11 Å². The Morgan fingerprint density at radius 1 is 1.19 bits per heavy atom. The molecule has 1 amide bonds. The first-order chi connectivity index (χ1) is 12.5. The number of carbonyl (C=O) groups is 2. The van der Waals surface area contributed by atoms with Crippen molar-refractivity contribution < 1.29 is 14.3 Å². The Kier molecular flexibility index (Phi) is 5.09. The molecular formula is C18H17ClN4O3. The number of hydrogen-bond acceptors (Lipinski definition) is 4. The molecule has 0 aliphatic heterocycles. The van der Waals surface area contributed by atoms with Gasteiger partial charge in [-0.25, -0.2) is 9.48 Å². The molecule has 2 heterocycles. The van der Waals surface area contributed by atoms with Crippen LogP contribution in [0.2, 0.25) is 5.02 Å². The zero-order valence-corrected chi connectivity index (χ0v) is 15.0. The van der Waals surface area contributed by atoms with E-state index in [2.05, 4.69) is 15.2 Å². The molecule has 0 bridgehead atoms. The molecule has 134 valence electrons. The second kappa shape index (κ2) is 7.45. The Morgan fingerprint density at radius 2 is 1.85 bits per heavy atom. The third-order valence-corrected chi connectivity index (χ3v) is 4.06. The number of aromatic nitrogens is 3. The topological polar surface area (TPSA) is 78.2 Å². The van der Waals surface area contributed by atoms with Crippen LogP contribution in [0.1, 0.15) is 17.3 Å². The van der Waals surface area contributed by atoms with Gasteiger partial charge in [0, 0.05) is 17.4 Å². The number of nitrogens with zero attached hydrogens (tertiary/aromatic N) is 3. The first kappa shape index (κ1) is 17.8. The van der Waals surface area contributed by atoms with Crippen LogP contribution < -0.4 is 5.32 Å². The van der Waals surface area contributed by atoms with Crippen molar-refractivity contribution >= 4 is 23.5 Å². The highest BCUT2D eigenvalue weighted by Gasteiger charge is 2.23. The van der Waals surface area contributed by atoms with Crippen LogP contribution in [0.5, 0.6) is 0 Å². The standard InChI is InChI=1S/C18H17ClN4O3/c1-12(18(25)26-2)21-16(24)15-11-20-23(14-7-5-13(19)6-8-14)17(15)22-9-3-4-10-22/h3-12H,1-2H3,(H,21,24)/t12-/m1/s1. The van der Waals surface area contributed by atoms with E-state index in [4.69, 9.17) is 11.6 Å². The minimum Gasteiger partial charge on any atom is -0.467 e. The molecule has 0 aliphatic carbocycles. The molecule has 1 aromatic carbocycles. The van der Waals surface area contributed by atoms with Crippen LogP contribution in [0.3, 0.4) is 0 Å². The number of ether oxygens (including phenoxy) is 1. The van der Waals surface area contributed by atoms with Gasteiger partial charge < -0.3 is 14.6 Å². The lowest BCUT2D eigenvalue weighted by molar-refractivity contribution is -0.142. The van der Waals surface area contributed by atoms with Crippen LogP contribution in [0.15, 0.2) is 55.0 Å². The predicted molar refractivity (Wildman–Crippen MR) is 96.8 cm³/mol. The fourth-order valence-electron chi connectivity index (χ4n) is 2.51. The summed E-state index contributed by atoms with van der Waals surface area (Å²) in [6.07, 6.45) is 5.08. The third kappa shape index (κ3) is 3.48. The maximum atomic E-state index is 12.7. The summed E-state index contributed by atoms with van der Waals surface area (Å²) in [7, 11) is 1.27. The summed E-state index contributed by atoms with van der Waals surface area (Å²) in [4.78, 5) is 24.3. The third-order valence-electron chi connectivity index (χ3n) is 3.81. The fourth-order valence-corrected chi connectivity index (χ4v) is 2.63. The van der Waals surface area contributed by atoms with Crippen molar-refractivity contribution in [2.24, 2.45) is 0 Å². The molecule has 8 heteroatoms. The molecule has 1 atom stereocenters. The molecule has 7 nitrogen and oxygen atoms in total. The summed E-state index contributed by atoms with van der Waals surface area (Å²) in [5.74, 6) is -0.398. The number of nitrogens with one attached hydrogen (secondary N) is 1. The van der Waals surface area contributed by atoms with Crippen LogP contribution in [-0.2, 0) is 9.53 Å². The van der Waals surface area contributed by atoms with E-state index in [1.165, 1.54) is 13.3 Å². The maximum Gasteiger partial charge on any atom is 0.328 e. The zero-order valence-electron chi connectivity index (χ0n) is 14.2. The van der Waals surface area contributed by atoms with Crippen molar-refractivity contribution in [1.29, 1.82) is 0 Å². The van der Waals surface area contributed by atoms with E-state index in [9.17, 15) is 9.59 Å². The molecule has 0 radical (unpaired) electrons. The average molecular weight is 373 g/mol. The SMILES string of the molecule is COC(=O)[C@@H](C)NC(=O)c1cnn(-c2ccc(Cl)cc2)c1-n1cccc1.